The van der Waals surface area contributed by atoms with E-state index in [9.17, 15) is 9.59 Å². The Labute approximate surface area is 209 Å². The van der Waals surface area contributed by atoms with Crippen LogP contribution in [0.4, 0.5) is 0 Å². The Morgan fingerprint density at radius 2 is 1.63 bits per heavy atom. The molecule has 0 saturated heterocycles. The van der Waals surface area contributed by atoms with E-state index in [1.807, 2.05) is 54.6 Å². The first kappa shape index (κ1) is 24.4. The van der Waals surface area contributed by atoms with Crippen LogP contribution >= 0.6 is 11.6 Å². The van der Waals surface area contributed by atoms with Gasteiger partial charge >= 0.3 is 0 Å². The third-order valence-electron chi connectivity index (χ3n) is 5.85. The van der Waals surface area contributed by atoms with E-state index in [0.29, 0.717) is 23.1 Å². The molecule has 4 rings (SSSR count). The van der Waals surface area contributed by atoms with Crippen molar-refractivity contribution < 1.29 is 23.8 Å². The minimum absolute atomic E-state index is 0.158. The predicted molar refractivity (Wildman–Crippen MR) is 133 cm³/mol. The molecule has 3 aromatic rings. The van der Waals surface area contributed by atoms with Crippen molar-refractivity contribution in [2.75, 3.05) is 13.9 Å². The average molecular weight is 495 g/mol. The number of carbonyl (C=O) groups excluding carboxylic acids is 2. The van der Waals surface area contributed by atoms with Crippen LogP contribution < -0.4 is 19.5 Å². The molecule has 1 atom stereocenters. The van der Waals surface area contributed by atoms with Crippen LogP contribution in [-0.4, -0.2) is 36.7 Å². The number of carbonyl (C=O) groups is 2. The van der Waals surface area contributed by atoms with Crippen LogP contribution in [0.1, 0.15) is 23.6 Å². The molecule has 8 heteroatoms. The minimum atomic E-state index is -0.689. The molecular weight excluding hydrogens is 468 g/mol. The first-order valence-electron chi connectivity index (χ1n) is 11.3. The fourth-order valence-corrected chi connectivity index (χ4v) is 3.90. The van der Waals surface area contributed by atoms with Crippen molar-refractivity contribution in [2.24, 2.45) is 0 Å². The molecule has 0 fully saturated rings. The van der Waals surface area contributed by atoms with Gasteiger partial charge in [-0.05, 0) is 60.0 Å². The van der Waals surface area contributed by atoms with E-state index < -0.39 is 6.04 Å². The Morgan fingerprint density at radius 3 is 2.34 bits per heavy atom. The van der Waals surface area contributed by atoms with Gasteiger partial charge in [0.05, 0.1) is 13.5 Å². The van der Waals surface area contributed by atoms with E-state index in [0.717, 1.165) is 22.4 Å². The highest BCUT2D eigenvalue weighted by atomic mass is 35.5. The van der Waals surface area contributed by atoms with Gasteiger partial charge in [-0.25, -0.2) is 0 Å². The molecule has 1 aliphatic heterocycles. The number of methoxy groups -OCH3 is 1. The summed E-state index contributed by atoms with van der Waals surface area (Å²) in [5, 5.41) is 3.54. The molecule has 0 radical (unpaired) electrons. The molecule has 2 amide bonds. The van der Waals surface area contributed by atoms with Crippen molar-refractivity contribution in [3.63, 3.8) is 0 Å². The molecule has 0 aliphatic carbocycles. The lowest BCUT2D eigenvalue weighted by molar-refractivity contribution is -0.140. The number of benzene rings is 3. The van der Waals surface area contributed by atoms with Gasteiger partial charge in [0.1, 0.15) is 11.8 Å². The lowest BCUT2D eigenvalue weighted by Gasteiger charge is -2.29. The Hall–Kier alpha value is -3.71. The second-order valence-electron chi connectivity index (χ2n) is 8.25. The van der Waals surface area contributed by atoms with Gasteiger partial charge in [0.2, 0.25) is 18.6 Å². The molecule has 0 saturated carbocycles. The van der Waals surface area contributed by atoms with E-state index in [4.69, 9.17) is 25.8 Å². The molecule has 7 nitrogen and oxygen atoms in total. The average Bonchev–Trinajstić information content (AvgIpc) is 3.35. The first-order chi connectivity index (χ1) is 16.9. The molecule has 1 heterocycles. The molecule has 0 aromatic heterocycles. The lowest BCUT2D eigenvalue weighted by Crippen LogP contribution is -2.47. The Bertz CT molecular complexity index is 1180. The monoisotopic (exact) mass is 494 g/mol. The van der Waals surface area contributed by atoms with Crippen molar-refractivity contribution in [3.8, 4) is 17.2 Å². The predicted octanol–water partition coefficient (Wildman–Crippen LogP) is 4.35. The van der Waals surface area contributed by atoms with E-state index in [2.05, 4.69) is 5.32 Å². The SMILES string of the molecule is COc1ccc(CN(C(=O)Cc2ccc(Cl)cc2)C(C)C(=O)NCc2ccc3c(c2)OCO3)cc1. The van der Waals surface area contributed by atoms with Crippen molar-refractivity contribution >= 4 is 23.4 Å². The Kier molecular flexibility index (Phi) is 7.77. The lowest BCUT2D eigenvalue weighted by atomic mass is 10.1. The fourth-order valence-electron chi connectivity index (χ4n) is 3.78. The summed E-state index contributed by atoms with van der Waals surface area (Å²) >= 11 is 5.98. The number of nitrogens with one attached hydrogen (secondary N) is 1. The zero-order valence-corrected chi connectivity index (χ0v) is 20.4. The second-order valence-corrected chi connectivity index (χ2v) is 8.69. The number of rotatable bonds is 9. The minimum Gasteiger partial charge on any atom is -0.497 e. The van der Waals surface area contributed by atoms with E-state index >= 15 is 0 Å². The van der Waals surface area contributed by atoms with Crippen molar-refractivity contribution in [1.82, 2.24) is 10.2 Å². The maximum atomic E-state index is 13.3. The van der Waals surface area contributed by atoms with Gasteiger partial charge < -0.3 is 24.4 Å². The van der Waals surface area contributed by atoms with E-state index in [1.54, 1.807) is 31.1 Å². The maximum Gasteiger partial charge on any atom is 0.242 e. The molecule has 0 spiro atoms. The van der Waals surface area contributed by atoms with E-state index in [1.165, 1.54) is 0 Å². The van der Waals surface area contributed by atoms with Gasteiger partial charge in [0, 0.05) is 18.1 Å². The summed E-state index contributed by atoms with van der Waals surface area (Å²) in [6.07, 6.45) is 0.160. The topological polar surface area (TPSA) is 77.1 Å². The molecule has 0 bridgehead atoms. The molecule has 1 unspecified atom stereocenters. The van der Waals surface area contributed by atoms with Gasteiger partial charge in [-0.3, -0.25) is 9.59 Å². The Balaban J connectivity index is 1.46. The number of hydrogen-bond donors (Lipinski definition) is 1. The summed E-state index contributed by atoms with van der Waals surface area (Å²) < 4.78 is 16.0. The van der Waals surface area contributed by atoms with Crippen LogP contribution in [0.5, 0.6) is 17.2 Å². The highest BCUT2D eigenvalue weighted by Crippen LogP contribution is 2.32. The van der Waals surface area contributed by atoms with Crippen LogP contribution in [0.15, 0.2) is 66.7 Å². The van der Waals surface area contributed by atoms with Crippen LogP contribution in [-0.2, 0) is 29.1 Å². The number of hydrogen-bond acceptors (Lipinski definition) is 5. The zero-order chi connectivity index (χ0) is 24.8. The summed E-state index contributed by atoms with van der Waals surface area (Å²) in [6.45, 7) is 2.52. The summed E-state index contributed by atoms with van der Waals surface area (Å²) in [4.78, 5) is 28.0. The second kappa shape index (κ2) is 11.1. The molecule has 1 N–H and O–H groups in total. The standard InChI is InChI=1S/C27H27ClN2O5/c1-18(27(32)29-15-21-7-12-24-25(13-21)35-17-34-24)30(16-20-5-10-23(33-2)11-6-20)26(31)14-19-3-8-22(28)9-4-19/h3-13,18H,14-17H2,1-2H3,(H,29,32). The first-order valence-corrected chi connectivity index (χ1v) is 11.6. The number of halogens is 1. The number of fused-ring (bicyclic) bond motifs is 1. The number of nitrogens with zero attached hydrogens (tertiary/aromatic N) is 1. The van der Waals surface area contributed by atoms with Crippen molar-refractivity contribution in [1.29, 1.82) is 0 Å². The highest BCUT2D eigenvalue weighted by Gasteiger charge is 2.26. The van der Waals surface area contributed by atoms with Gasteiger partial charge in [-0.15, -0.1) is 0 Å². The Morgan fingerprint density at radius 1 is 0.971 bits per heavy atom. The molecule has 3 aromatic carbocycles. The zero-order valence-electron chi connectivity index (χ0n) is 19.6. The van der Waals surface area contributed by atoms with Gasteiger partial charge in [0.25, 0.3) is 0 Å². The van der Waals surface area contributed by atoms with Gasteiger partial charge in [0.15, 0.2) is 11.5 Å². The van der Waals surface area contributed by atoms with Crippen LogP contribution in [0, 0.1) is 0 Å². The smallest absolute Gasteiger partial charge is 0.242 e. The fraction of sp³-hybridized carbons (Fsp3) is 0.259. The molecule has 182 valence electrons. The maximum absolute atomic E-state index is 13.3. The van der Waals surface area contributed by atoms with Crippen LogP contribution in [0.2, 0.25) is 5.02 Å². The number of ether oxygens (including phenoxy) is 3. The van der Waals surface area contributed by atoms with Gasteiger partial charge in [-0.1, -0.05) is 41.9 Å². The molecule has 35 heavy (non-hydrogen) atoms. The van der Waals surface area contributed by atoms with E-state index in [-0.39, 0.29) is 31.6 Å². The summed E-state index contributed by atoms with van der Waals surface area (Å²) in [5.41, 5.74) is 2.60. The molecular formula is C27H27ClN2O5. The quantitative estimate of drug-likeness (QED) is 0.478. The van der Waals surface area contributed by atoms with Crippen molar-refractivity contribution in [2.45, 2.75) is 32.5 Å². The normalized spacial score (nSPS) is 12.7. The number of amides is 2. The molecule has 1 aliphatic rings. The van der Waals surface area contributed by atoms with Gasteiger partial charge in [-0.2, -0.15) is 0 Å². The van der Waals surface area contributed by atoms with Crippen molar-refractivity contribution in [3.05, 3.63) is 88.4 Å². The third kappa shape index (κ3) is 6.25. The summed E-state index contributed by atoms with van der Waals surface area (Å²) in [7, 11) is 1.60. The van der Waals surface area contributed by atoms with Crippen LogP contribution in [0.25, 0.3) is 0 Å². The third-order valence-corrected chi connectivity index (χ3v) is 6.10. The summed E-state index contributed by atoms with van der Waals surface area (Å²) in [5.74, 6) is 1.66. The highest BCUT2D eigenvalue weighted by molar-refractivity contribution is 6.30. The summed E-state index contributed by atoms with van der Waals surface area (Å²) in [6, 6.07) is 19.4. The van der Waals surface area contributed by atoms with Crippen LogP contribution in [0.3, 0.4) is 0 Å². The largest absolute Gasteiger partial charge is 0.497 e.